The maximum absolute atomic E-state index is 12.1. The molecule has 0 aliphatic carbocycles. The molecule has 0 bridgehead atoms. The summed E-state index contributed by atoms with van der Waals surface area (Å²) in [5.74, 6) is -0.698. The minimum atomic E-state index is -1.01. The normalized spacial score (nSPS) is 11.2. The van der Waals surface area contributed by atoms with E-state index in [-0.39, 0.29) is 6.61 Å². The van der Waals surface area contributed by atoms with E-state index in [1.807, 2.05) is 13.0 Å². The van der Waals surface area contributed by atoms with Gasteiger partial charge in [0.15, 0.2) is 12.7 Å². The summed E-state index contributed by atoms with van der Waals surface area (Å²) in [4.78, 5) is 23.9. The number of benzene rings is 2. The second kappa shape index (κ2) is 8.88. The average Bonchev–Trinajstić information content (AvgIpc) is 2.62. The fourth-order valence-electron chi connectivity index (χ4n) is 2.04. The standard InChI is InChI=1S/C19H17ClN2O4/c1-12-8-16(6-7-17(12)20)25-11-18(23)26-13(2)19(24)22-15-5-3-4-14(9-15)10-21/h3-9,13H,11H2,1-2H3,(H,22,24)/t13-/m0/s1. The van der Waals surface area contributed by atoms with Crippen molar-refractivity contribution in [2.75, 3.05) is 11.9 Å². The third-order valence-corrected chi connectivity index (χ3v) is 3.85. The Kier molecular flexibility index (Phi) is 6.59. The van der Waals surface area contributed by atoms with Crippen molar-refractivity contribution in [1.82, 2.24) is 0 Å². The van der Waals surface area contributed by atoms with Crippen molar-refractivity contribution in [1.29, 1.82) is 5.26 Å². The molecule has 0 aliphatic rings. The molecule has 6 nitrogen and oxygen atoms in total. The van der Waals surface area contributed by atoms with Crippen LogP contribution in [0.15, 0.2) is 42.5 Å². The van der Waals surface area contributed by atoms with Gasteiger partial charge < -0.3 is 14.8 Å². The van der Waals surface area contributed by atoms with Crippen molar-refractivity contribution >= 4 is 29.2 Å². The zero-order valence-corrected chi connectivity index (χ0v) is 15.0. The Labute approximate surface area is 156 Å². The lowest BCUT2D eigenvalue weighted by Crippen LogP contribution is -2.31. The number of anilines is 1. The second-order valence-corrected chi connectivity index (χ2v) is 5.92. The van der Waals surface area contributed by atoms with E-state index in [1.165, 1.54) is 13.0 Å². The fourth-order valence-corrected chi connectivity index (χ4v) is 2.16. The van der Waals surface area contributed by atoms with Crippen LogP contribution in [0.4, 0.5) is 5.69 Å². The number of carbonyl (C=O) groups excluding carboxylic acids is 2. The molecule has 0 fully saturated rings. The van der Waals surface area contributed by atoms with Crippen molar-refractivity contribution in [2.24, 2.45) is 0 Å². The Hall–Kier alpha value is -3.04. The van der Waals surface area contributed by atoms with E-state index in [2.05, 4.69) is 5.32 Å². The van der Waals surface area contributed by atoms with E-state index in [1.54, 1.807) is 36.4 Å². The van der Waals surface area contributed by atoms with Gasteiger partial charge >= 0.3 is 5.97 Å². The molecule has 26 heavy (non-hydrogen) atoms. The number of hydrogen-bond donors (Lipinski definition) is 1. The first-order chi connectivity index (χ1) is 12.4. The highest BCUT2D eigenvalue weighted by Crippen LogP contribution is 2.21. The molecule has 1 N–H and O–H groups in total. The molecule has 0 saturated heterocycles. The van der Waals surface area contributed by atoms with Crippen LogP contribution in [0.1, 0.15) is 18.1 Å². The van der Waals surface area contributed by atoms with Crippen LogP contribution in [-0.4, -0.2) is 24.6 Å². The molecule has 0 radical (unpaired) electrons. The van der Waals surface area contributed by atoms with Crippen LogP contribution in [0, 0.1) is 18.3 Å². The lowest BCUT2D eigenvalue weighted by atomic mass is 10.2. The quantitative estimate of drug-likeness (QED) is 0.784. The molecule has 2 aromatic carbocycles. The summed E-state index contributed by atoms with van der Waals surface area (Å²) >= 11 is 5.92. The van der Waals surface area contributed by atoms with Gasteiger partial charge in [-0.3, -0.25) is 4.79 Å². The van der Waals surface area contributed by atoms with Gasteiger partial charge in [0.25, 0.3) is 5.91 Å². The summed E-state index contributed by atoms with van der Waals surface area (Å²) in [5.41, 5.74) is 1.69. The van der Waals surface area contributed by atoms with Gasteiger partial charge in [0.2, 0.25) is 0 Å². The molecule has 0 spiro atoms. The van der Waals surface area contributed by atoms with Crippen molar-refractivity contribution in [3.8, 4) is 11.8 Å². The molecular formula is C19H17ClN2O4. The summed E-state index contributed by atoms with van der Waals surface area (Å²) in [6.07, 6.45) is -1.01. The van der Waals surface area contributed by atoms with Gasteiger partial charge in [-0.1, -0.05) is 17.7 Å². The number of nitrogens with one attached hydrogen (secondary N) is 1. The zero-order valence-electron chi connectivity index (χ0n) is 14.3. The number of nitriles is 1. The number of rotatable bonds is 6. The molecule has 0 unspecified atom stereocenters. The molecule has 7 heteroatoms. The van der Waals surface area contributed by atoms with Crippen LogP contribution in [0.3, 0.4) is 0 Å². The number of ether oxygens (including phenoxy) is 2. The monoisotopic (exact) mass is 372 g/mol. The SMILES string of the molecule is Cc1cc(OCC(=O)O[C@@H](C)C(=O)Nc2cccc(C#N)c2)ccc1Cl. The van der Waals surface area contributed by atoms with Crippen LogP contribution < -0.4 is 10.1 Å². The number of carbonyl (C=O) groups is 2. The van der Waals surface area contributed by atoms with Crippen molar-refractivity contribution in [3.05, 3.63) is 58.6 Å². The first kappa shape index (κ1) is 19.3. The lowest BCUT2D eigenvalue weighted by Gasteiger charge is -2.14. The minimum absolute atomic E-state index is 0.331. The van der Waals surface area contributed by atoms with Gasteiger partial charge in [-0.2, -0.15) is 5.26 Å². The third-order valence-electron chi connectivity index (χ3n) is 3.42. The molecular weight excluding hydrogens is 356 g/mol. The molecule has 1 atom stereocenters. The number of halogens is 1. The first-order valence-electron chi connectivity index (χ1n) is 7.78. The van der Waals surface area contributed by atoms with Crippen LogP contribution in [0.25, 0.3) is 0 Å². The first-order valence-corrected chi connectivity index (χ1v) is 8.16. The highest BCUT2D eigenvalue weighted by atomic mass is 35.5. The predicted octanol–water partition coefficient (Wildman–Crippen LogP) is 3.47. The molecule has 2 rings (SSSR count). The predicted molar refractivity (Wildman–Crippen MR) is 97.0 cm³/mol. The van der Waals surface area contributed by atoms with Gasteiger partial charge in [0, 0.05) is 10.7 Å². The van der Waals surface area contributed by atoms with Crippen molar-refractivity contribution in [3.63, 3.8) is 0 Å². The van der Waals surface area contributed by atoms with Gasteiger partial charge in [-0.15, -0.1) is 0 Å². The summed E-state index contributed by atoms with van der Waals surface area (Å²) in [6.45, 7) is 2.94. The van der Waals surface area contributed by atoms with Crippen LogP contribution in [-0.2, 0) is 14.3 Å². The molecule has 0 aliphatic heterocycles. The van der Waals surface area contributed by atoms with Gasteiger partial charge in [-0.05, 0) is 55.8 Å². The Balaban J connectivity index is 1.84. The van der Waals surface area contributed by atoms with Crippen molar-refractivity contribution < 1.29 is 19.1 Å². The summed E-state index contributed by atoms with van der Waals surface area (Å²) in [5, 5.41) is 12.0. The third kappa shape index (κ3) is 5.50. The summed E-state index contributed by atoms with van der Waals surface area (Å²) in [7, 11) is 0. The Morgan fingerprint density at radius 2 is 2.04 bits per heavy atom. The highest BCUT2D eigenvalue weighted by molar-refractivity contribution is 6.31. The van der Waals surface area contributed by atoms with E-state index < -0.39 is 18.0 Å². The molecule has 134 valence electrons. The molecule has 2 aromatic rings. The number of amides is 1. The number of aryl methyl sites for hydroxylation is 1. The fraction of sp³-hybridized carbons (Fsp3) is 0.211. The van der Waals surface area contributed by atoms with E-state index in [4.69, 9.17) is 26.3 Å². The van der Waals surface area contributed by atoms with E-state index in [0.29, 0.717) is 22.0 Å². The highest BCUT2D eigenvalue weighted by Gasteiger charge is 2.18. The van der Waals surface area contributed by atoms with Crippen LogP contribution in [0.2, 0.25) is 5.02 Å². The lowest BCUT2D eigenvalue weighted by molar-refractivity contribution is -0.155. The zero-order chi connectivity index (χ0) is 19.1. The summed E-state index contributed by atoms with van der Waals surface area (Å²) < 4.78 is 10.4. The van der Waals surface area contributed by atoms with Gasteiger partial charge in [-0.25, -0.2) is 4.79 Å². The topological polar surface area (TPSA) is 88.4 Å². The molecule has 0 saturated carbocycles. The minimum Gasteiger partial charge on any atom is -0.482 e. The average molecular weight is 373 g/mol. The Morgan fingerprint density at radius 1 is 1.27 bits per heavy atom. The number of esters is 1. The van der Waals surface area contributed by atoms with Crippen LogP contribution >= 0.6 is 11.6 Å². The molecule has 0 aromatic heterocycles. The van der Waals surface area contributed by atoms with E-state index in [0.717, 1.165) is 5.56 Å². The van der Waals surface area contributed by atoms with E-state index >= 15 is 0 Å². The number of nitrogens with zero attached hydrogens (tertiary/aromatic N) is 1. The van der Waals surface area contributed by atoms with Gasteiger partial charge in [0.1, 0.15) is 5.75 Å². The van der Waals surface area contributed by atoms with E-state index in [9.17, 15) is 9.59 Å². The maximum Gasteiger partial charge on any atom is 0.344 e. The second-order valence-electron chi connectivity index (χ2n) is 5.51. The number of hydrogen-bond acceptors (Lipinski definition) is 5. The largest absolute Gasteiger partial charge is 0.482 e. The molecule has 0 heterocycles. The van der Waals surface area contributed by atoms with Gasteiger partial charge in [0.05, 0.1) is 11.6 Å². The van der Waals surface area contributed by atoms with Crippen LogP contribution in [0.5, 0.6) is 5.75 Å². The smallest absolute Gasteiger partial charge is 0.344 e. The molecule has 1 amide bonds. The Morgan fingerprint density at radius 3 is 2.73 bits per heavy atom. The van der Waals surface area contributed by atoms with Crippen molar-refractivity contribution in [2.45, 2.75) is 20.0 Å². The maximum atomic E-state index is 12.1. The summed E-state index contributed by atoms with van der Waals surface area (Å²) in [6, 6.07) is 13.4. The Bertz CT molecular complexity index is 861.